The van der Waals surface area contributed by atoms with E-state index < -0.39 is 6.03 Å². The SMILES string of the molecule is Cc1nnc(NC(=O)Nc2ccc(-c3nc4c(c(N5CCOCC5C)n3)CCN(C)C4)cc2)o1. The van der Waals surface area contributed by atoms with Crippen molar-refractivity contribution >= 4 is 23.6 Å². The monoisotopic (exact) mass is 464 g/mol. The first-order valence-corrected chi connectivity index (χ1v) is 11.4. The molecule has 2 N–H and O–H groups in total. The lowest BCUT2D eigenvalue weighted by atomic mass is 10.0. The van der Waals surface area contributed by atoms with Crippen LogP contribution in [0.25, 0.3) is 11.4 Å². The van der Waals surface area contributed by atoms with Crippen molar-refractivity contribution in [1.82, 2.24) is 25.1 Å². The molecular weight excluding hydrogens is 436 g/mol. The largest absolute Gasteiger partial charge is 0.408 e. The molecule has 1 atom stereocenters. The first-order valence-electron chi connectivity index (χ1n) is 11.4. The van der Waals surface area contributed by atoms with Gasteiger partial charge in [0.2, 0.25) is 5.89 Å². The van der Waals surface area contributed by atoms with Crippen LogP contribution in [-0.2, 0) is 17.7 Å². The second kappa shape index (κ2) is 9.35. The number of carbonyl (C=O) groups is 1. The number of anilines is 3. The van der Waals surface area contributed by atoms with Crippen LogP contribution in [0.2, 0.25) is 0 Å². The number of morpholine rings is 1. The molecule has 1 saturated heterocycles. The fourth-order valence-corrected chi connectivity index (χ4v) is 4.26. The lowest BCUT2D eigenvalue weighted by molar-refractivity contribution is 0.0983. The van der Waals surface area contributed by atoms with E-state index in [1.807, 2.05) is 24.3 Å². The van der Waals surface area contributed by atoms with Crippen LogP contribution in [0, 0.1) is 6.92 Å². The molecular formula is C23H28N8O3. The van der Waals surface area contributed by atoms with Gasteiger partial charge in [-0.2, -0.15) is 0 Å². The number of fused-ring (bicyclic) bond motifs is 1. The molecule has 0 bridgehead atoms. The van der Waals surface area contributed by atoms with Crippen LogP contribution >= 0.6 is 0 Å². The van der Waals surface area contributed by atoms with E-state index in [-0.39, 0.29) is 12.1 Å². The van der Waals surface area contributed by atoms with Crippen molar-refractivity contribution in [3.8, 4) is 11.4 Å². The maximum Gasteiger partial charge on any atom is 0.327 e. The molecule has 0 saturated carbocycles. The van der Waals surface area contributed by atoms with Crippen LogP contribution in [0.4, 0.5) is 22.3 Å². The van der Waals surface area contributed by atoms with Gasteiger partial charge in [0.15, 0.2) is 5.82 Å². The van der Waals surface area contributed by atoms with Gasteiger partial charge in [-0.15, -0.1) is 5.10 Å². The highest BCUT2D eigenvalue weighted by Gasteiger charge is 2.28. The summed E-state index contributed by atoms with van der Waals surface area (Å²) in [5.74, 6) is 2.07. The zero-order valence-electron chi connectivity index (χ0n) is 19.5. The van der Waals surface area contributed by atoms with E-state index in [1.54, 1.807) is 6.92 Å². The number of rotatable bonds is 4. The highest BCUT2D eigenvalue weighted by Crippen LogP contribution is 2.31. The lowest BCUT2D eigenvalue weighted by Gasteiger charge is -2.37. The zero-order chi connectivity index (χ0) is 23.7. The Labute approximate surface area is 197 Å². The molecule has 3 aromatic rings. The Morgan fingerprint density at radius 2 is 1.94 bits per heavy atom. The molecule has 0 radical (unpaired) electrons. The number of ether oxygens (including phenoxy) is 1. The minimum Gasteiger partial charge on any atom is -0.408 e. The molecule has 2 amide bonds. The Hall–Kier alpha value is -3.57. The number of hydrogen-bond donors (Lipinski definition) is 2. The van der Waals surface area contributed by atoms with Crippen LogP contribution in [-0.4, -0.2) is 70.5 Å². The van der Waals surface area contributed by atoms with E-state index in [0.29, 0.717) is 30.6 Å². The molecule has 11 heteroatoms. The number of nitrogens with zero attached hydrogens (tertiary/aromatic N) is 6. The average molecular weight is 465 g/mol. The van der Waals surface area contributed by atoms with Crippen molar-refractivity contribution < 1.29 is 13.9 Å². The fraction of sp³-hybridized carbons (Fsp3) is 0.435. The summed E-state index contributed by atoms with van der Waals surface area (Å²) in [5.41, 5.74) is 3.82. The first kappa shape index (κ1) is 22.2. The number of aryl methyl sites for hydroxylation is 1. The Kier molecular flexibility index (Phi) is 6.12. The van der Waals surface area contributed by atoms with Gasteiger partial charge in [-0.05, 0) is 44.7 Å². The number of likely N-dealkylation sites (N-methyl/N-ethyl adjacent to an activating group) is 1. The van der Waals surface area contributed by atoms with Crippen molar-refractivity contribution in [3.63, 3.8) is 0 Å². The number of amides is 2. The van der Waals surface area contributed by atoms with E-state index in [2.05, 4.69) is 44.6 Å². The van der Waals surface area contributed by atoms with Crippen molar-refractivity contribution in [2.75, 3.05) is 48.9 Å². The number of benzene rings is 1. The molecule has 1 fully saturated rings. The second-order valence-corrected chi connectivity index (χ2v) is 8.68. The van der Waals surface area contributed by atoms with Gasteiger partial charge in [0.1, 0.15) is 5.82 Å². The number of hydrogen-bond acceptors (Lipinski definition) is 9. The van der Waals surface area contributed by atoms with Crippen LogP contribution in [0.3, 0.4) is 0 Å². The van der Waals surface area contributed by atoms with Crippen LogP contribution < -0.4 is 15.5 Å². The van der Waals surface area contributed by atoms with Crippen molar-refractivity contribution in [1.29, 1.82) is 0 Å². The summed E-state index contributed by atoms with van der Waals surface area (Å²) < 4.78 is 10.8. The van der Waals surface area contributed by atoms with Gasteiger partial charge in [-0.1, -0.05) is 5.10 Å². The third-order valence-electron chi connectivity index (χ3n) is 6.02. The molecule has 178 valence electrons. The predicted molar refractivity (Wildman–Crippen MR) is 127 cm³/mol. The van der Waals surface area contributed by atoms with Gasteiger partial charge in [0.05, 0.1) is 24.9 Å². The quantitative estimate of drug-likeness (QED) is 0.600. The number of urea groups is 1. The summed E-state index contributed by atoms with van der Waals surface area (Å²) in [7, 11) is 2.11. The van der Waals surface area contributed by atoms with Gasteiger partial charge in [-0.25, -0.2) is 14.8 Å². The molecule has 2 aliphatic heterocycles. The molecule has 0 aliphatic carbocycles. The lowest BCUT2D eigenvalue weighted by Crippen LogP contribution is -2.45. The standard InChI is InChI=1S/C23H28N8O3/c1-14-13-33-11-10-31(14)21-18-8-9-30(3)12-19(18)25-20(26-21)16-4-6-17(7-5-16)24-22(32)27-23-29-28-15(2)34-23/h4-7,14H,8-13H2,1-3H3,(H2,24,27,29,32). The highest BCUT2D eigenvalue weighted by atomic mass is 16.5. The first-order chi connectivity index (χ1) is 16.5. The van der Waals surface area contributed by atoms with Gasteiger partial charge in [0.25, 0.3) is 0 Å². The summed E-state index contributed by atoms with van der Waals surface area (Å²) in [5, 5.41) is 12.7. The van der Waals surface area contributed by atoms with Crippen LogP contribution in [0.15, 0.2) is 28.7 Å². The summed E-state index contributed by atoms with van der Waals surface area (Å²) in [6, 6.07) is 7.30. The van der Waals surface area contributed by atoms with E-state index in [4.69, 9.17) is 19.1 Å². The van der Waals surface area contributed by atoms with Gasteiger partial charge >= 0.3 is 12.0 Å². The summed E-state index contributed by atoms with van der Waals surface area (Å²) in [6.07, 6.45) is 0.934. The summed E-state index contributed by atoms with van der Waals surface area (Å²) in [4.78, 5) is 26.8. The second-order valence-electron chi connectivity index (χ2n) is 8.68. The zero-order valence-corrected chi connectivity index (χ0v) is 19.5. The molecule has 34 heavy (non-hydrogen) atoms. The highest BCUT2D eigenvalue weighted by molar-refractivity contribution is 5.98. The van der Waals surface area contributed by atoms with E-state index in [1.165, 1.54) is 5.56 Å². The van der Waals surface area contributed by atoms with Gasteiger partial charge in [0, 0.05) is 43.4 Å². The maximum atomic E-state index is 12.2. The molecule has 11 nitrogen and oxygen atoms in total. The van der Waals surface area contributed by atoms with Crippen molar-refractivity contribution in [2.45, 2.75) is 32.9 Å². The Bertz CT molecular complexity index is 1180. The molecule has 1 aromatic carbocycles. The minimum absolute atomic E-state index is 0.0453. The van der Waals surface area contributed by atoms with E-state index in [9.17, 15) is 4.79 Å². The molecule has 1 unspecified atom stereocenters. The van der Waals surface area contributed by atoms with E-state index in [0.717, 1.165) is 43.1 Å². The molecule has 0 spiro atoms. The van der Waals surface area contributed by atoms with Crippen LogP contribution in [0.1, 0.15) is 24.1 Å². The number of nitrogens with one attached hydrogen (secondary N) is 2. The summed E-state index contributed by atoms with van der Waals surface area (Å²) >= 11 is 0. The maximum absolute atomic E-state index is 12.2. The van der Waals surface area contributed by atoms with E-state index >= 15 is 0 Å². The topological polar surface area (TPSA) is 122 Å². The summed E-state index contributed by atoms with van der Waals surface area (Å²) in [6.45, 7) is 7.82. The average Bonchev–Trinajstić information content (AvgIpc) is 3.23. The van der Waals surface area contributed by atoms with Crippen molar-refractivity contribution in [2.24, 2.45) is 0 Å². The smallest absolute Gasteiger partial charge is 0.327 e. The predicted octanol–water partition coefficient (Wildman–Crippen LogP) is 2.69. The fourth-order valence-electron chi connectivity index (χ4n) is 4.26. The van der Waals surface area contributed by atoms with Crippen LogP contribution in [0.5, 0.6) is 0 Å². The Balaban J connectivity index is 1.39. The number of carbonyl (C=O) groups excluding carboxylic acids is 1. The minimum atomic E-state index is -0.465. The molecule has 4 heterocycles. The molecule has 2 aliphatic rings. The Morgan fingerprint density at radius 1 is 1.12 bits per heavy atom. The third-order valence-corrected chi connectivity index (χ3v) is 6.02. The normalized spacial score (nSPS) is 18.4. The van der Waals surface area contributed by atoms with Crippen molar-refractivity contribution in [3.05, 3.63) is 41.4 Å². The van der Waals surface area contributed by atoms with Gasteiger partial charge < -0.3 is 24.3 Å². The Morgan fingerprint density at radius 3 is 2.68 bits per heavy atom. The third kappa shape index (κ3) is 4.70. The molecule has 2 aromatic heterocycles. The number of aromatic nitrogens is 4. The van der Waals surface area contributed by atoms with Gasteiger partial charge in [-0.3, -0.25) is 5.32 Å². The molecule has 5 rings (SSSR count).